The molecule has 0 bridgehead atoms. The van der Waals surface area contributed by atoms with Crippen LogP contribution in [-0.2, 0) is 4.79 Å². The van der Waals surface area contributed by atoms with Crippen LogP contribution in [0.25, 0.3) is 0 Å². The largest absolute Gasteiger partial charge is 0.495 e. The van der Waals surface area contributed by atoms with Crippen LogP contribution >= 0.6 is 11.8 Å². The summed E-state index contributed by atoms with van der Waals surface area (Å²) in [5.74, 6) is 0.579. The highest BCUT2D eigenvalue weighted by molar-refractivity contribution is 7.99. The molecule has 1 saturated heterocycles. The molecule has 0 unspecified atom stereocenters. The average Bonchev–Trinajstić information content (AvgIpc) is 3.09. The van der Waals surface area contributed by atoms with Gasteiger partial charge in [0.15, 0.2) is 5.09 Å². The molecule has 7 nitrogen and oxygen atoms in total. The zero-order chi connectivity index (χ0) is 18.5. The van der Waals surface area contributed by atoms with Crippen LogP contribution in [0.15, 0.2) is 44.9 Å². The third kappa shape index (κ3) is 4.32. The number of hydrogen-bond donors (Lipinski definition) is 2. The van der Waals surface area contributed by atoms with Gasteiger partial charge in [0.25, 0.3) is 0 Å². The number of benzene rings is 1. The predicted molar refractivity (Wildman–Crippen MR) is 103 cm³/mol. The molecule has 2 heterocycles. The van der Waals surface area contributed by atoms with E-state index in [1.165, 1.54) is 11.8 Å². The molecular formula is C18H24N4O3S. The van der Waals surface area contributed by atoms with E-state index < -0.39 is 0 Å². The Morgan fingerprint density at radius 1 is 1.31 bits per heavy atom. The number of hydrogen-bond acceptors (Lipinski definition) is 7. The Morgan fingerprint density at radius 3 is 2.77 bits per heavy atom. The topological polar surface area (TPSA) is 84.0 Å². The van der Waals surface area contributed by atoms with E-state index in [1.54, 1.807) is 19.4 Å². The number of furan rings is 1. The van der Waals surface area contributed by atoms with Crippen LogP contribution in [-0.4, -0.2) is 57.7 Å². The van der Waals surface area contributed by atoms with Crippen LogP contribution in [0.5, 0.6) is 5.75 Å². The van der Waals surface area contributed by atoms with Gasteiger partial charge in [-0.05, 0) is 37.0 Å². The molecule has 0 aliphatic carbocycles. The summed E-state index contributed by atoms with van der Waals surface area (Å²) >= 11 is 1.43. The van der Waals surface area contributed by atoms with Crippen molar-refractivity contribution in [1.29, 1.82) is 0 Å². The van der Waals surface area contributed by atoms with E-state index in [-0.39, 0.29) is 12.5 Å². The third-order valence-electron chi connectivity index (χ3n) is 4.29. The van der Waals surface area contributed by atoms with Crippen molar-refractivity contribution in [2.24, 2.45) is 5.73 Å². The van der Waals surface area contributed by atoms with Crippen molar-refractivity contribution in [2.75, 3.05) is 57.1 Å². The number of amides is 1. The van der Waals surface area contributed by atoms with Crippen LogP contribution in [0.4, 0.5) is 11.4 Å². The number of rotatable bonds is 6. The highest BCUT2D eigenvalue weighted by Gasteiger charge is 2.19. The summed E-state index contributed by atoms with van der Waals surface area (Å²) in [4.78, 5) is 17.1. The maximum atomic E-state index is 11.5. The first-order chi connectivity index (χ1) is 12.6. The lowest BCUT2D eigenvalue weighted by Crippen LogP contribution is -2.44. The molecule has 0 atom stereocenters. The highest BCUT2D eigenvalue weighted by Crippen LogP contribution is 2.39. The maximum Gasteiger partial charge on any atom is 0.238 e. The second-order valence-electron chi connectivity index (χ2n) is 6.10. The summed E-state index contributed by atoms with van der Waals surface area (Å²) in [6.45, 7) is 3.97. The van der Waals surface area contributed by atoms with Crippen molar-refractivity contribution in [2.45, 2.75) is 9.99 Å². The van der Waals surface area contributed by atoms with Crippen LogP contribution < -0.4 is 20.7 Å². The van der Waals surface area contributed by atoms with Crippen molar-refractivity contribution < 1.29 is 13.9 Å². The van der Waals surface area contributed by atoms with Crippen molar-refractivity contribution in [3.8, 4) is 5.75 Å². The zero-order valence-electron chi connectivity index (χ0n) is 15.0. The molecule has 26 heavy (non-hydrogen) atoms. The van der Waals surface area contributed by atoms with E-state index >= 15 is 0 Å². The number of carbonyl (C=O) groups is 1. The lowest BCUT2D eigenvalue weighted by atomic mass is 10.2. The van der Waals surface area contributed by atoms with Gasteiger partial charge in [-0.15, -0.1) is 0 Å². The zero-order valence-corrected chi connectivity index (χ0v) is 15.8. The number of carbonyl (C=O) groups excluding carboxylic acids is 1. The van der Waals surface area contributed by atoms with Gasteiger partial charge in [-0.3, -0.25) is 4.79 Å². The Kier molecular flexibility index (Phi) is 6.08. The molecule has 8 heteroatoms. The number of nitrogens with zero attached hydrogens (tertiary/aromatic N) is 2. The van der Waals surface area contributed by atoms with Crippen LogP contribution in [0, 0.1) is 0 Å². The second kappa shape index (κ2) is 8.48. The lowest BCUT2D eigenvalue weighted by molar-refractivity contribution is -0.114. The number of methoxy groups -OCH3 is 1. The van der Waals surface area contributed by atoms with Gasteiger partial charge in [-0.25, -0.2) is 0 Å². The minimum atomic E-state index is -0.253. The molecule has 1 aliphatic rings. The first-order valence-electron chi connectivity index (χ1n) is 8.47. The van der Waals surface area contributed by atoms with Gasteiger partial charge in [0.05, 0.1) is 31.3 Å². The number of likely N-dealkylation sites (N-methyl/N-ethyl adjacent to an activating group) is 1. The number of nitrogens with one attached hydrogen (secondary N) is 1. The first kappa shape index (κ1) is 18.6. The monoisotopic (exact) mass is 376 g/mol. The fraction of sp³-hybridized carbons (Fsp3) is 0.389. The van der Waals surface area contributed by atoms with Crippen LogP contribution in [0.3, 0.4) is 0 Å². The Labute approximate surface area is 157 Å². The number of nitrogens with two attached hydrogens (primary N) is 1. The summed E-state index contributed by atoms with van der Waals surface area (Å²) in [5, 5.41) is 3.35. The van der Waals surface area contributed by atoms with Crippen LogP contribution in [0.2, 0.25) is 0 Å². The van der Waals surface area contributed by atoms with E-state index in [2.05, 4.69) is 28.2 Å². The maximum absolute atomic E-state index is 11.5. The predicted octanol–water partition coefficient (Wildman–Crippen LogP) is 2.09. The summed E-state index contributed by atoms with van der Waals surface area (Å²) < 4.78 is 11.1. The van der Waals surface area contributed by atoms with E-state index in [0.717, 1.165) is 42.5 Å². The standard InChI is InChI=1S/C18H24N4O3S/c1-21-6-8-22(9-7-21)15-4-3-13(11-16(15)24-2)26-18-14(5-10-25-18)20-17(23)12-19/h3-5,10-11H,6-9,12,19H2,1-2H3,(H,20,23). The van der Waals surface area contributed by atoms with Crippen LogP contribution in [0.1, 0.15) is 0 Å². The fourth-order valence-corrected chi connectivity index (χ4v) is 3.65. The Hall–Kier alpha value is -2.16. The van der Waals surface area contributed by atoms with Gasteiger partial charge < -0.3 is 30.0 Å². The quantitative estimate of drug-likeness (QED) is 0.798. The third-order valence-corrected chi connectivity index (χ3v) is 5.29. The molecule has 1 aromatic heterocycles. The average molecular weight is 376 g/mol. The van der Waals surface area contributed by atoms with E-state index in [9.17, 15) is 4.79 Å². The summed E-state index contributed by atoms with van der Waals surface area (Å²) in [7, 11) is 3.82. The molecule has 1 fully saturated rings. The van der Waals surface area contributed by atoms with Gasteiger partial charge >= 0.3 is 0 Å². The van der Waals surface area contributed by atoms with Crippen molar-refractivity contribution in [3.05, 3.63) is 30.5 Å². The molecule has 3 rings (SSSR count). The van der Waals surface area contributed by atoms with E-state index in [0.29, 0.717) is 10.8 Å². The molecule has 0 radical (unpaired) electrons. The minimum absolute atomic E-state index is 0.0666. The van der Waals surface area contributed by atoms with Gasteiger partial charge in [0, 0.05) is 37.1 Å². The van der Waals surface area contributed by atoms with E-state index in [4.69, 9.17) is 14.9 Å². The number of piperazine rings is 1. The lowest BCUT2D eigenvalue weighted by Gasteiger charge is -2.34. The normalized spacial score (nSPS) is 15.1. The summed E-state index contributed by atoms with van der Waals surface area (Å²) in [6, 6.07) is 7.83. The Balaban J connectivity index is 1.76. The van der Waals surface area contributed by atoms with E-state index in [1.807, 2.05) is 12.1 Å². The molecule has 140 valence electrons. The Bertz CT molecular complexity index is 757. The summed E-state index contributed by atoms with van der Waals surface area (Å²) in [5.41, 5.74) is 7.07. The molecule has 0 spiro atoms. The molecular weight excluding hydrogens is 352 g/mol. The van der Waals surface area contributed by atoms with Crippen molar-refractivity contribution >= 4 is 29.0 Å². The molecule has 0 saturated carbocycles. The second-order valence-corrected chi connectivity index (χ2v) is 7.15. The molecule has 3 N–H and O–H groups in total. The molecule has 1 amide bonds. The van der Waals surface area contributed by atoms with Crippen molar-refractivity contribution in [3.63, 3.8) is 0 Å². The first-order valence-corrected chi connectivity index (χ1v) is 9.29. The minimum Gasteiger partial charge on any atom is -0.495 e. The highest BCUT2D eigenvalue weighted by atomic mass is 32.2. The Morgan fingerprint density at radius 2 is 2.08 bits per heavy atom. The molecule has 1 aliphatic heterocycles. The number of ether oxygens (including phenoxy) is 1. The van der Waals surface area contributed by atoms with Gasteiger partial charge in [-0.1, -0.05) is 0 Å². The smallest absolute Gasteiger partial charge is 0.238 e. The van der Waals surface area contributed by atoms with Gasteiger partial charge in [-0.2, -0.15) is 0 Å². The summed E-state index contributed by atoms with van der Waals surface area (Å²) in [6.07, 6.45) is 1.55. The molecule has 1 aromatic carbocycles. The SMILES string of the molecule is COc1cc(Sc2occc2NC(=O)CN)ccc1N1CCN(C)CC1. The fourth-order valence-electron chi connectivity index (χ4n) is 2.81. The molecule has 2 aromatic rings. The number of anilines is 2. The van der Waals surface area contributed by atoms with Gasteiger partial charge in [0.2, 0.25) is 5.91 Å². The van der Waals surface area contributed by atoms with Gasteiger partial charge in [0.1, 0.15) is 5.75 Å². The van der Waals surface area contributed by atoms with Crippen molar-refractivity contribution in [1.82, 2.24) is 4.90 Å².